The van der Waals surface area contributed by atoms with Crippen molar-refractivity contribution >= 4 is 28.5 Å². The lowest BCUT2D eigenvalue weighted by atomic mass is 10.3. The van der Waals surface area contributed by atoms with Gasteiger partial charge in [0.25, 0.3) is 0 Å². The normalized spacial score (nSPS) is 15.4. The molecule has 112 valence electrons. The Balaban J connectivity index is 2.07. The summed E-state index contributed by atoms with van der Waals surface area (Å²) in [6.45, 7) is 2.68. The minimum absolute atomic E-state index is 0.104. The van der Waals surface area contributed by atoms with Crippen molar-refractivity contribution in [3.63, 3.8) is 0 Å². The maximum atomic E-state index is 8.86. The average molecular weight is 312 g/mol. The van der Waals surface area contributed by atoms with Crippen LogP contribution in [0.2, 0.25) is 5.28 Å². The maximum Gasteiger partial charge on any atom is 0.244 e. The molecule has 0 unspecified atom stereocenters. The van der Waals surface area contributed by atoms with E-state index in [2.05, 4.69) is 19.9 Å². The minimum Gasteiger partial charge on any atom is -0.474 e. The number of halogens is 1. The van der Waals surface area contributed by atoms with Gasteiger partial charge in [0.15, 0.2) is 11.3 Å². The first-order chi connectivity index (χ1) is 10.3. The summed E-state index contributed by atoms with van der Waals surface area (Å²) in [6, 6.07) is 0. The molecule has 0 amide bonds. The number of ether oxygens (including phenoxy) is 2. The molecule has 2 aromatic rings. The summed E-state index contributed by atoms with van der Waals surface area (Å²) in [5.41, 5.74) is 1.01. The number of rotatable bonds is 4. The third-order valence-corrected chi connectivity index (χ3v) is 3.21. The van der Waals surface area contributed by atoms with Gasteiger partial charge in [0, 0.05) is 13.1 Å². The molecule has 0 bridgehead atoms. The van der Waals surface area contributed by atoms with Crippen molar-refractivity contribution in [1.29, 1.82) is 0 Å². The van der Waals surface area contributed by atoms with E-state index in [1.807, 2.05) is 4.90 Å². The fourth-order valence-electron chi connectivity index (χ4n) is 2.13. The van der Waals surface area contributed by atoms with E-state index in [4.69, 9.17) is 26.2 Å². The second-order valence-electron chi connectivity index (χ2n) is 4.36. The molecule has 2 aromatic heterocycles. The van der Waals surface area contributed by atoms with E-state index in [0.29, 0.717) is 43.2 Å². The van der Waals surface area contributed by atoms with E-state index in [1.165, 1.54) is 6.33 Å². The molecule has 0 saturated carbocycles. The fraction of sp³-hybridized carbons (Fsp3) is 0.500. The van der Waals surface area contributed by atoms with E-state index in [1.54, 1.807) is 0 Å². The molecule has 1 aliphatic heterocycles. The zero-order chi connectivity index (χ0) is 14.7. The average Bonchev–Trinajstić information content (AvgIpc) is 2.53. The van der Waals surface area contributed by atoms with Crippen LogP contribution < -0.4 is 9.64 Å². The molecule has 0 radical (unpaired) electrons. The Bertz CT molecular complexity index is 636. The van der Waals surface area contributed by atoms with E-state index < -0.39 is 0 Å². The number of aliphatic hydroxyl groups excluding tert-OH is 1. The minimum atomic E-state index is -0.110. The summed E-state index contributed by atoms with van der Waals surface area (Å²) in [7, 11) is 0. The molecule has 0 spiro atoms. The molecular formula is C12H14ClN5O3. The van der Waals surface area contributed by atoms with Crippen LogP contribution in [0.3, 0.4) is 0 Å². The Kier molecular flexibility index (Phi) is 4.28. The van der Waals surface area contributed by atoms with Gasteiger partial charge in [0.05, 0.1) is 19.8 Å². The molecule has 0 aromatic carbocycles. The number of aromatic nitrogens is 4. The van der Waals surface area contributed by atoms with Gasteiger partial charge >= 0.3 is 0 Å². The van der Waals surface area contributed by atoms with Crippen molar-refractivity contribution in [2.45, 2.75) is 0 Å². The summed E-state index contributed by atoms with van der Waals surface area (Å²) in [6.07, 6.45) is 1.39. The number of morpholine rings is 1. The van der Waals surface area contributed by atoms with Crippen molar-refractivity contribution in [2.24, 2.45) is 0 Å². The molecule has 1 fully saturated rings. The van der Waals surface area contributed by atoms with Crippen LogP contribution in [0.25, 0.3) is 11.0 Å². The van der Waals surface area contributed by atoms with Crippen LogP contribution in [0.1, 0.15) is 0 Å². The first-order valence-electron chi connectivity index (χ1n) is 6.54. The molecule has 0 atom stereocenters. The maximum absolute atomic E-state index is 8.86. The Labute approximate surface area is 125 Å². The molecule has 0 aliphatic carbocycles. The lowest BCUT2D eigenvalue weighted by molar-refractivity contribution is 0.122. The van der Waals surface area contributed by atoms with E-state index >= 15 is 0 Å². The molecule has 9 heteroatoms. The largest absolute Gasteiger partial charge is 0.474 e. The first-order valence-corrected chi connectivity index (χ1v) is 6.92. The highest BCUT2D eigenvalue weighted by molar-refractivity contribution is 6.28. The first kappa shape index (κ1) is 14.2. The number of nitrogens with zero attached hydrogens (tertiary/aromatic N) is 5. The van der Waals surface area contributed by atoms with Gasteiger partial charge in [-0.15, -0.1) is 0 Å². The second kappa shape index (κ2) is 6.33. The molecule has 3 heterocycles. The standard InChI is InChI=1S/C12H14ClN5O3/c13-12-16-9-8(14-7-15-11(9)21-6-3-19)10(17-12)18-1-4-20-5-2-18/h7,19H,1-6H2. The van der Waals surface area contributed by atoms with E-state index in [-0.39, 0.29) is 24.4 Å². The highest BCUT2D eigenvalue weighted by Gasteiger charge is 2.20. The number of aliphatic hydroxyl groups is 1. The fourth-order valence-corrected chi connectivity index (χ4v) is 2.29. The van der Waals surface area contributed by atoms with Crippen LogP contribution in [-0.4, -0.2) is 64.6 Å². The number of hydrogen-bond donors (Lipinski definition) is 1. The van der Waals surface area contributed by atoms with Crippen LogP contribution in [0, 0.1) is 0 Å². The predicted molar refractivity (Wildman–Crippen MR) is 75.8 cm³/mol. The number of fused-ring (bicyclic) bond motifs is 1. The quantitative estimate of drug-likeness (QED) is 0.805. The number of hydrogen-bond acceptors (Lipinski definition) is 8. The van der Waals surface area contributed by atoms with Crippen LogP contribution in [0.15, 0.2) is 6.33 Å². The van der Waals surface area contributed by atoms with Gasteiger partial charge in [-0.05, 0) is 11.6 Å². The lowest BCUT2D eigenvalue weighted by Crippen LogP contribution is -2.37. The molecule has 8 nitrogen and oxygen atoms in total. The van der Waals surface area contributed by atoms with Crippen molar-refractivity contribution in [3.8, 4) is 5.88 Å². The van der Waals surface area contributed by atoms with Crippen LogP contribution >= 0.6 is 11.6 Å². The molecule has 1 saturated heterocycles. The topological polar surface area (TPSA) is 93.5 Å². The van der Waals surface area contributed by atoms with Gasteiger partial charge in [-0.2, -0.15) is 9.97 Å². The molecule has 1 N–H and O–H groups in total. The van der Waals surface area contributed by atoms with E-state index in [9.17, 15) is 0 Å². The molecule has 1 aliphatic rings. The molecular weight excluding hydrogens is 298 g/mol. The van der Waals surface area contributed by atoms with Gasteiger partial charge in [-0.1, -0.05) is 0 Å². The van der Waals surface area contributed by atoms with Crippen LogP contribution in [0.5, 0.6) is 5.88 Å². The van der Waals surface area contributed by atoms with Gasteiger partial charge in [-0.3, -0.25) is 0 Å². The van der Waals surface area contributed by atoms with Crippen LogP contribution in [0.4, 0.5) is 5.82 Å². The Morgan fingerprint density at radius 2 is 2.05 bits per heavy atom. The van der Waals surface area contributed by atoms with Crippen molar-refractivity contribution in [2.75, 3.05) is 44.4 Å². The lowest BCUT2D eigenvalue weighted by Gasteiger charge is -2.28. The van der Waals surface area contributed by atoms with Gasteiger partial charge in [-0.25, -0.2) is 9.97 Å². The predicted octanol–water partition coefficient (Wildman–Crippen LogP) is 0.281. The third-order valence-electron chi connectivity index (χ3n) is 3.04. The highest BCUT2D eigenvalue weighted by Crippen LogP contribution is 2.28. The Hall–Kier alpha value is -1.77. The zero-order valence-electron chi connectivity index (χ0n) is 11.2. The summed E-state index contributed by atoms with van der Waals surface area (Å²) in [5, 5.41) is 8.97. The van der Waals surface area contributed by atoms with Crippen molar-refractivity contribution < 1.29 is 14.6 Å². The van der Waals surface area contributed by atoms with Gasteiger partial charge in [0.2, 0.25) is 11.2 Å². The van der Waals surface area contributed by atoms with Gasteiger partial charge in [0.1, 0.15) is 18.5 Å². The molecule has 21 heavy (non-hydrogen) atoms. The SMILES string of the molecule is OCCOc1ncnc2c(N3CCOCC3)nc(Cl)nc12. The van der Waals surface area contributed by atoms with Gasteiger partial charge < -0.3 is 19.5 Å². The second-order valence-corrected chi connectivity index (χ2v) is 4.70. The summed E-state index contributed by atoms with van der Waals surface area (Å²) >= 11 is 6.01. The molecule has 3 rings (SSSR count). The highest BCUT2D eigenvalue weighted by atomic mass is 35.5. The zero-order valence-corrected chi connectivity index (χ0v) is 12.0. The summed E-state index contributed by atoms with van der Waals surface area (Å²) in [4.78, 5) is 18.8. The third kappa shape index (κ3) is 2.97. The van der Waals surface area contributed by atoms with E-state index in [0.717, 1.165) is 0 Å². The number of anilines is 1. The summed E-state index contributed by atoms with van der Waals surface area (Å²) < 4.78 is 10.7. The smallest absolute Gasteiger partial charge is 0.244 e. The van der Waals surface area contributed by atoms with Crippen molar-refractivity contribution in [1.82, 2.24) is 19.9 Å². The Morgan fingerprint density at radius 3 is 2.81 bits per heavy atom. The summed E-state index contributed by atoms with van der Waals surface area (Å²) in [5.74, 6) is 0.928. The van der Waals surface area contributed by atoms with Crippen molar-refractivity contribution in [3.05, 3.63) is 11.6 Å². The van der Waals surface area contributed by atoms with Crippen LogP contribution in [-0.2, 0) is 4.74 Å². The monoisotopic (exact) mass is 311 g/mol. The Morgan fingerprint density at radius 1 is 1.24 bits per heavy atom.